The summed E-state index contributed by atoms with van der Waals surface area (Å²) in [5.74, 6) is 0.625. The van der Waals surface area contributed by atoms with Crippen LogP contribution in [0.25, 0.3) is 0 Å². The lowest BCUT2D eigenvalue weighted by molar-refractivity contribution is -0.137. The Morgan fingerprint density at radius 2 is 1.81 bits per heavy atom. The molecule has 0 saturated heterocycles. The molecule has 0 spiro atoms. The first-order valence-electron chi connectivity index (χ1n) is 7.88. The summed E-state index contributed by atoms with van der Waals surface area (Å²) in [6.45, 7) is 3.57. The molecule has 0 aliphatic carbocycles. The van der Waals surface area contributed by atoms with Crippen molar-refractivity contribution in [3.8, 4) is 5.75 Å². The lowest BCUT2D eigenvalue weighted by Gasteiger charge is -2.14. The summed E-state index contributed by atoms with van der Waals surface area (Å²) in [7, 11) is -2.37. The topological polar surface area (TPSA) is 55.4 Å². The van der Waals surface area contributed by atoms with Crippen molar-refractivity contribution in [3.05, 3.63) is 59.2 Å². The highest BCUT2D eigenvalue weighted by Gasteiger charge is 2.30. The summed E-state index contributed by atoms with van der Waals surface area (Å²) in [6.07, 6.45) is -4.48. The van der Waals surface area contributed by atoms with E-state index in [1.807, 2.05) is 13.8 Å². The molecule has 0 aliphatic heterocycles. The zero-order chi connectivity index (χ0) is 19.5. The van der Waals surface area contributed by atoms with Crippen LogP contribution in [0.5, 0.6) is 5.75 Å². The van der Waals surface area contributed by atoms with Crippen molar-refractivity contribution >= 4 is 10.0 Å². The molecule has 0 aromatic heterocycles. The molecular weight excluding hydrogens is 367 g/mol. The predicted molar refractivity (Wildman–Crippen MR) is 92.6 cm³/mol. The van der Waals surface area contributed by atoms with E-state index >= 15 is 0 Å². The van der Waals surface area contributed by atoms with E-state index in [0.29, 0.717) is 5.75 Å². The second-order valence-electron chi connectivity index (χ2n) is 6.08. The molecule has 8 heteroatoms. The number of methoxy groups -OCH3 is 1. The Bertz CT molecular complexity index is 877. The maximum absolute atomic E-state index is 12.7. The van der Waals surface area contributed by atoms with Crippen LogP contribution in [0.1, 0.15) is 36.5 Å². The molecule has 2 aromatic carbocycles. The minimum atomic E-state index is -4.48. The molecule has 1 N–H and O–H groups in total. The second kappa shape index (κ2) is 7.67. The van der Waals surface area contributed by atoms with Gasteiger partial charge >= 0.3 is 6.18 Å². The fourth-order valence-electron chi connectivity index (χ4n) is 2.45. The van der Waals surface area contributed by atoms with Gasteiger partial charge in [-0.2, -0.15) is 13.2 Å². The van der Waals surface area contributed by atoms with Gasteiger partial charge < -0.3 is 4.74 Å². The number of ether oxygens (including phenoxy) is 1. The second-order valence-corrected chi connectivity index (χ2v) is 7.85. The maximum atomic E-state index is 12.7. The SMILES string of the molecule is COc1ccc(S(=O)(=O)NCc2cccc(C(F)(F)F)c2)cc1C(C)C. The third-order valence-electron chi connectivity index (χ3n) is 3.85. The number of sulfonamides is 1. The van der Waals surface area contributed by atoms with Crippen LogP contribution in [-0.2, 0) is 22.7 Å². The molecule has 0 heterocycles. The summed E-state index contributed by atoms with van der Waals surface area (Å²) in [6, 6.07) is 9.03. The molecule has 0 amide bonds. The Balaban J connectivity index is 2.23. The number of benzene rings is 2. The molecule has 0 aliphatic rings. The van der Waals surface area contributed by atoms with Crippen molar-refractivity contribution < 1.29 is 26.3 Å². The molecule has 0 fully saturated rings. The monoisotopic (exact) mass is 387 g/mol. The van der Waals surface area contributed by atoms with Gasteiger partial charge in [0, 0.05) is 6.54 Å². The van der Waals surface area contributed by atoms with Crippen LogP contribution in [0.15, 0.2) is 47.4 Å². The van der Waals surface area contributed by atoms with Gasteiger partial charge in [-0.05, 0) is 41.3 Å². The minimum absolute atomic E-state index is 0.0361. The zero-order valence-corrected chi connectivity index (χ0v) is 15.4. The van der Waals surface area contributed by atoms with E-state index in [1.54, 1.807) is 6.07 Å². The smallest absolute Gasteiger partial charge is 0.416 e. The predicted octanol–water partition coefficient (Wildman–Crippen LogP) is 4.32. The van der Waals surface area contributed by atoms with Gasteiger partial charge in [-0.15, -0.1) is 0 Å². The van der Waals surface area contributed by atoms with Crippen LogP contribution in [0.4, 0.5) is 13.2 Å². The average Bonchev–Trinajstić information content (AvgIpc) is 2.59. The molecule has 2 rings (SSSR count). The van der Waals surface area contributed by atoms with Gasteiger partial charge in [0.05, 0.1) is 17.6 Å². The number of nitrogens with one attached hydrogen (secondary N) is 1. The quantitative estimate of drug-likeness (QED) is 0.803. The van der Waals surface area contributed by atoms with Crippen molar-refractivity contribution in [1.29, 1.82) is 0 Å². The van der Waals surface area contributed by atoms with E-state index in [9.17, 15) is 21.6 Å². The van der Waals surface area contributed by atoms with Gasteiger partial charge in [0.1, 0.15) is 5.75 Å². The van der Waals surface area contributed by atoms with Crippen molar-refractivity contribution in [1.82, 2.24) is 4.72 Å². The van der Waals surface area contributed by atoms with E-state index in [-0.39, 0.29) is 22.9 Å². The number of hydrogen-bond donors (Lipinski definition) is 1. The van der Waals surface area contributed by atoms with Gasteiger partial charge in [0.15, 0.2) is 0 Å². The van der Waals surface area contributed by atoms with Crippen LogP contribution >= 0.6 is 0 Å². The van der Waals surface area contributed by atoms with E-state index in [1.165, 1.54) is 31.4 Å². The summed E-state index contributed by atoms with van der Waals surface area (Å²) < 4.78 is 70.8. The van der Waals surface area contributed by atoms with Gasteiger partial charge in [-0.3, -0.25) is 0 Å². The Morgan fingerprint density at radius 3 is 2.38 bits per heavy atom. The largest absolute Gasteiger partial charge is 0.496 e. The minimum Gasteiger partial charge on any atom is -0.496 e. The van der Waals surface area contributed by atoms with Crippen LogP contribution in [0, 0.1) is 0 Å². The Hall–Kier alpha value is -2.06. The van der Waals surface area contributed by atoms with Gasteiger partial charge in [-0.25, -0.2) is 13.1 Å². The van der Waals surface area contributed by atoms with Crippen molar-refractivity contribution in [2.75, 3.05) is 7.11 Å². The average molecular weight is 387 g/mol. The maximum Gasteiger partial charge on any atom is 0.416 e. The first kappa shape index (κ1) is 20.3. The first-order chi connectivity index (χ1) is 12.0. The van der Waals surface area contributed by atoms with Crippen LogP contribution < -0.4 is 9.46 Å². The molecule has 4 nitrogen and oxygen atoms in total. The molecule has 0 bridgehead atoms. The highest BCUT2D eigenvalue weighted by atomic mass is 32.2. The third kappa shape index (κ3) is 4.76. The van der Waals surface area contributed by atoms with Crippen LogP contribution in [0.2, 0.25) is 0 Å². The molecule has 0 saturated carbocycles. The summed E-state index contributed by atoms with van der Waals surface area (Å²) in [5, 5.41) is 0. The standard InChI is InChI=1S/C18H20F3NO3S/c1-12(2)16-10-15(7-8-17(16)25-3)26(23,24)22-11-13-5-4-6-14(9-13)18(19,20)21/h4-10,12,22H,11H2,1-3H3. The molecule has 26 heavy (non-hydrogen) atoms. The highest BCUT2D eigenvalue weighted by molar-refractivity contribution is 7.89. The van der Waals surface area contributed by atoms with Crippen LogP contribution in [-0.4, -0.2) is 15.5 Å². The first-order valence-corrected chi connectivity index (χ1v) is 9.36. The van der Waals surface area contributed by atoms with E-state index < -0.39 is 21.8 Å². The number of rotatable bonds is 6. The summed E-state index contributed by atoms with van der Waals surface area (Å²) in [5.41, 5.74) is 0.135. The van der Waals surface area contributed by atoms with Gasteiger partial charge in [-0.1, -0.05) is 32.0 Å². The normalized spacial score (nSPS) is 12.4. The lowest BCUT2D eigenvalue weighted by Crippen LogP contribution is -2.23. The van der Waals surface area contributed by atoms with Crippen molar-refractivity contribution in [2.45, 2.75) is 37.4 Å². The zero-order valence-electron chi connectivity index (χ0n) is 14.6. The molecule has 142 valence electrons. The Kier molecular flexibility index (Phi) is 5.98. The van der Waals surface area contributed by atoms with Crippen LogP contribution in [0.3, 0.4) is 0 Å². The van der Waals surface area contributed by atoms with E-state index in [0.717, 1.165) is 17.7 Å². The Morgan fingerprint density at radius 1 is 1.12 bits per heavy atom. The van der Waals surface area contributed by atoms with Gasteiger partial charge in [0.25, 0.3) is 0 Å². The van der Waals surface area contributed by atoms with Crippen molar-refractivity contribution in [2.24, 2.45) is 0 Å². The molecule has 2 aromatic rings. The number of alkyl halides is 3. The number of hydrogen-bond acceptors (Lipinski definition) is 3. The molecular formula is C18H20F3NO3S. The third-order valence-corrected chi connectivity index (χ3v) is 5.25. The van der Waals surface area contributed by atoms with Gasteiger partial charge in [0.2, 0.25) is 10.0 Å². The summed E-state index contributed by atoms with van der Waals surface area (Å²) in [4.78, 5) is 0.0361. The lowest BCUT2D eigenvalue weighted by atomic mass is 10.0. The van der Waals surface area contributed by atoms with Crippen molar-refractivity contribution in [3.63, 3.8) is 0 Å². The molecule has 0 radical (unpaired) electrons. The molecule has 0 atom stereocenters. The number of halogens is 3. The molecule has 0 unspecified atom stereocenters. The highest BCUT2D eigenvalue weighted by Crippen LogP contribution is 2.30. The fourth-order valence-corrected chi connectivity index (χ4v) is 3.50. The summed E-state index contributed by atoms with van der Waals surface area (Å²) >= 11 is 0. The van der Waals surface area contributed by atoms with E-state index in [2.05, 4.69) is 4.72 Å². The Labute approximate surface area is 151 Å². The van der Waals surface area contributed by atoms with E-state index in [4.69, 9.17) is 4.74 Å². The fraction of sp³-hybridized carbons (Fsp3) is 0.333.